The summed E-state index contributed by atoms with van der Waals surface area (Å²) >= 11 is 7.60. The van der Waals surface area contributed by atoms with Crippen LogP contribution in [0, 0.1) is 5.82 Å². The zero-order valence-electron chi connectivity index (χ0n) is 9.84. The average molecular weight is 283 g/mol. The van der Waals surface area contributed by atoms with Gasteiger partial charge in [0.25, 0.3) is 0 Å². The van der Waals surface area contributed by atoms with Crippen molar-refractivity contribution in [2.45, 2.75) is 19.4 Å². The Morgan fingerprint density at radius 1 is 1.50 bits per heavy atom. The van der Waals surface area contributed by atoms with E-state index in [9.17, 15) is 4.39 Å². The van der Waals surface area contributed by atoms with Crippen molar-refractivity contribution in [3.05, 3.63) is 39.6 Å². The summed E-state index contributed by atoms with van der Waals surface area (Å²) in [5.74, 6) is -0.311. The van der Waals surface area contributed by atoms with Gasteiger partial charge in [-0.15, -0.1) is 11.3 Å². The van der Waals surface area contributed by atoms with Gasteiger partial charge in [0.2, 0.25) is 0 Å². The van der Waals surface area contributed by atoms with Crippen molar-refractivity contribution in [3.63, 3.8) is 0 Å². The molecule has 3 rings (SSSR count). The lowest BCUT2D eigenvalue weighted by Gasteiger charge is -2.18. The number of hydrogen-bond donors (Lipinski definition) is 1. The minimum absolute atomic E-state index is 0.283. The third-order valence-electron chi connectivity index (χ3n) is 3.11. The van der Waals surface area contributed by atoms with Gasteiger partial charge in [0.15, 0.2) is 0 Å². The Hall–Kier alpha value is -0.970. The molecule has 0 aliphatic carbocycles. The van der Waals surface area contributed by atoms with Crippen LogP contribution in [0.25, 0.3) is 10.6 Å². The highest BCUT2D eigenvalue weighted by molar-refractivity contribution is 7.15. The fourth-order valence-electron chi connectivity index (χ4n) is 2.19. The smallest absolute Gasteiger partial charge is 0.134 e. The fraction of sp³-hybridized carbons (Fsp3) is 0.308. The van der Waals surface area contributed by atoms with Gasteiger partial charge in [-0.1, -0.05) is 17.7 Å². The van der Waals surface area contributed by atoms with Crippen LogP contribution in [-0.2, 0) is 6.42 Å². The van der Waals surface area contributed by atoms with Gasteiger partial charge >= 0.3 is 0 Å². The molecular weight excluding hydrogens is 271 g/mol. The molecule has 1 aromatic carbocycles. The van der Waals surface area contributed by atoms with Crippen LogP contribution >= 0.6 is 22.9 Å². The standard InChI is InChI=1S/C13H12ClFN2S/c1-7-12-10(5-6-16-7)17-13(18-12)11-8(14)3-2-4-9(11)15/h2-4,7,16H,5-6H2,1H3. The summed E-state index contributed by atoms with van der Waals surface area (Å²) in [6, 6.07) is 5.01. The third-order valence-corrected chi connectivity index (χ3v) is 4.72. The van der Waals surface area contributed by atoms with Crippen LogP contribution in [0.5, 0.6) is 0 Å². The number of aromatic nitrogens is 1. The Kier molecular flexibility index (Phi) is 3.09. The van der Waals surface area contributed by atoms with Crippen LogP contribution in [-0.4, -0.2) is 11.5 Å². The van der Waals surface area contributed by atoms with Crippen molar-refractivity contribution in [1.82, 2.24) is 10.3 Å². The third kappa shape index (κ3) is 1.94. The maximum absolute atomic E-state index is 13.9. The van der Waals surface area contributed by atoms with Crippen molar-refractivity contribution in [2.75, 3.05) is 6.54 Å². The first-order valence-corrected chi connectivity index (χ1v) is 7.03. The molecule has 18 heavy (non-hydrogen) atoms. The Bertz CT molecular complexity index is 576. The van der Waals surface area contributed by atoms with E-state index >= 15 is 0 Å². The molecule has 0 spiro atoms. The van der Waals surface area contributed by atoms with Gasteiger partial charge in [0, 0.05) is 23.9 Å². The van der Waals surface area contributed by atoms with Crippen molar-refractivity contribution >= 4 is 22.9 Å². The summed E-state index contributed by atoms with van der Waals surface area (Å²) in [4.78, 5) is 5.74. The maximum atomic E-state index is 13.9. The second-order valence-electron chi connectivity index (χ2n) is 4.35. The van der Waals surface area contributed by atoms with Crippen molar-refractivity contribution in [1.29, 1.82) is 0 Å². The van der Waals surface area contributed by atoms with Gasteiger partial charge in [0.1, 0.15) is 10.8 Å². The molecule has 2 nitrogen and oxygen atoms in total. The molecule has 0 fully saturated rings. The summed E-state index contributed by atoms with van der Waals surface area (Å²) in [6.45, 7) is 3.02. The van der Waals surface area contributed by atoms with E-state index in [4.69, 9.17) is 11.6 Å². The molecule has 1 atom stereocenters. The number of fused-ring (bicyclic) bond motifs is 1. The largest absolute Gasteiger partial charge is 0.309 e. The number of halogens is 2. The summed E-state index contributed by atoms with van der Waals surface area (Å²) in [5, 5.41) is 4.47. The van der Waals surface area contributed by atoms with Crippen molar-refractivity contribution < 1.29 is 4.39 Å². The molecule has 0 saturated heterocycles. The minimum Gasteiger partial charge on any atom is -0.309 e. The molecular formula is C13H12ClFN2S. The monoisotopic (exact) mass is 282 g/mol. The second kappa shape index (κ2) is 4.61. The highest BCUT2D eigenvalue weighted by atomic mass is 35.5. The Morgan fingerprint density at radius 2 is 2.33 bits per heavy atom. The molecule has 5 heteroatoms. The molecule has 2 aromatic rings. The summed E-state index contributed by atoms with van der Waals surface area (Å²) in [5.41, 5.74) is 1.49. The first-order chi connectivity index (χ1) is 8.66. The van der Waals surface area contributed by atoms with Crippen LogP contribution in [0.15, 0.2) is 18.2 Å². The molecule has 0 bridgehead atoms. The quantitative estimate of drug-likeness (QED) is 0.860. The fourth-order valence-corrected chi connectivity index (χ4v) is 3.70. The first kappa shape index (κ1) is 12.1. The molecule has 0 amide bonds. The van der Waals surface area contributed by atoms with Crippen LogP contribution in [0.4, 0.5) is 4.39 Å². The maximum Gasteiger partial charge on any atom is 0.134 e. The number of benzene rings is 1. The number of hydrogen-bond acceptors (Lipinski definition) is 3. The van der Waals surface area contributed by atoms with E-state index in [0.717, 1.165) is 18.7 Å². The highest BCUT2D eigenvalue weighted by Crippen LogP contribution is 2.38. The van der Waals surface area contributed by atoms with Gasteiger partial charge in [-0.2, -0.15) is 0 Å². The predicted octanol–water partition coefficient (Wildman–Crippen LogP) is 3.81. The molecule has 1 aliphatic heterocycles. The zero-order chi connectivity index (χ0) is 12.7. The van der Waals surface area contributed by atoms with E-state index in [0.29, 0.717) is 15.6 Å². The Morgan fingerprint density at radius 3 is 3.06 bits per heavy atom. The van der Waals surface area contributed by atoms with Crippen molar-refractivity contribution in [3.8, 4) is 10.6 Å². The number of rotatable bonds is 1. The van der Waals surface area contributed by atoms with Crippen LogP contribution in [0.2, 0.25) is 5.02 Å². The molecule has 0 radical (unpaired) electrons. The van der Waals surface area contributed by atoms with Crippen LogP contribution in [0.1, 0.15) is 23.5 Å². The zero-order valence-corrected chi connectivity index (χ0v) is 11.4. The Labute approximate surface area is 114 Å². The van der Waals surface area contributed by atoms with E-state index < -0.39 is 0 Å². The first-order valence-electron chi connectivity index (χ1n) is 5.84. The van der Waals surface area contributed by atoms with Gasteiger partial charge < -0.3 is 5.32 Å². The van der Waals surface area contributed by atoms with Crippen LogP contribution in [0.3, 0.4) is 0 Å². The number of thiazole rings is 1. The molecule has 1 aliphatic rings. The molecule has 2 heterocycles. The molecule has 1 N–H and O–H groups in total. The lowest BCUT2D eigenvalue weighted by Crippen LogP contribution is -2.26. The second-order valence-corrected chi connectivity index (χ2v) is 5.79. The van der Waals surface area contributed by atoms with E-state index in [1.807, 2.05) is 0 Å². The summed E-state index contributed by atoms with van der Waals surface area (Å²) < 4.78 is 13.9. The SMILES string of the molecule is CC1NCCc2nc(-c3c(F)cccc3Cl)sc21. The molecule has 94 valence electrons. The van der Waals surface area contributed by atoms with Gasteiger partial charge in [0.05, 0.1) is 16.3 Å². The highest BCUT2D eigenvalue weighted by Gasteiger charge is 2.23. The number of nitrogens with one attached hydrogen (secondary N) is 1. The van der Waals surface area contributed by atoms with Gasteiger partial charge in [-0.05, 0) is 19.1 Å². The molecule has 1 unspecified atom stereocenters. The van der Waals surface area contributed by atoms with E-state index in [1.54, 1.807) is 12.1 Å². The molecule has 1 aromatic heterocycles. The number of nitrogens with zero attached hydrogens (tertiary/aromatic N) is 1. The summed E-state index contributed by atoms with van der Waals surface area (Å²) in [7, 11) is 0. The van der Waals surface area contributed by atoms with E-state index in [1.165, 1.54) is 22.3 Å². The lowest BCUT2D eigenvalue weighted by atomic mass is 10.1. The van der Waals surface area contributed by atoms with Gasteiger partial charge in [-0.25, -0.2) is 9.37 Å². The Balaban J connectivity index is 2.13. The topological polar surface area (TPSA) is 24.9 Å². The molecule has 0 saturated carbocycles. The van der Waals surface area contributed by atoms with Gasteiger partial charge in [-0.3, -0.25) is 0 Å². The lowest BCUT2D eigenvalue weighted by molar-refractivity contribution is 0.545. The average Bonchev–Trinajstić information content (AvgIpc) is 2.74. The summed E-state index contributed by atoms with van der Waals surface area (Å²) in [6.07, 6.45) is 0.891. The van der Waals surface area contributed by atoms with E-state index in [-0.39, 0.29) is 11.9 Å². The predicted molar refractivity (Wildman–Crippen MR) is 72.6 cm³/mol. The normalized spacial score (nSPS) is 18.7. The van der Waals surface area contributed by atoms with Crippen LogP contribution < -0.4 is 5.32 Å². The van der Waals surface area contributed by atoms with Crippen molar-refractivity contribution in [2.24, 2.45) is 0 Å². The minimum atomic E-state index is -0.311. The van der Waals surface area contributed by atoms with E-state index in [2.05, 4.69) is 17.2 Å².